The molecule has 0 radical (unpaired) electrons. The van der Waals surface area contributed by atoms with Crippen molar-refractivity contribution < 1.29 is 9.59 Å². The van der Waals surface area contributed by atoms with Gasteiger partial charge >= 0.3 is 0 Å². The highest BCUT2D eigenvalue weighted by molar-refractivity contribution is 5.90. The van der Waals surface area contributed by atoms with E-state index in [1.54, 1.807) is 6.92 Å². The number of nitrogens with one attached hydrogen (secondary N) is 2. The van der Waals surface area contributed by atoms with Gasteiger partial charge in [0, 0.05) is 12.0 Å². The van der Waals surface area contributed by atoms with Crippen molar-refractivity contribution in [2.24, 2.45) is 23.2 Å². The number of rotatable bonds is 4. The van der Waals surface area contributed by atoms with Crippen molar-refractivity contribution >= 4 is 11.8 Å². The minimum Gasteiger partial charge on any atom is -0.355 e. The van der Waals surface area contributed by atoms with Gasteiger partial charge in [0.2, 0.25) is 11.8 Å². The Morgan fingerprint density at radius 2 is 1.60 bits per heavy atom. The fourth-order valence-electron chi connectivity index (χ4n) is 5.13. The highest BCUT2D eigenvalue weighted by Gasteiger charge is 2.54. The van der Waals surface area contributed by atoms with Crippen molar-refractivity contribution in [3.05, 3.63) is 0 Å². The first-order chi connectivity index (χ1) is 9.52. The van der Waals surface area contributed by atoms with Crippen LogP contribution in [0.15, 0.2) is 0 Å². The molecular weight excluding hydrogens is 252 g/mol. The minimum absolute atomic E-state index is 0.0782. The number of amides is 2. The molecule has 2 amide bonds. The Labute approximate surface area is 121 Å². The Bertz CT molecular complexity index is 383. The molecule has 0 aromatic heterocycles. The summed E-state index contributed by atoms with van der Waals surface area (Å²) in [4.78, 5) is 24.5. The van der Waals surface area contributed by atoms with Gasteiger partial charge in [0.05, 0.1) is 0 Å². The summed E-state index contributed by atoms with van der Waals surface area (Å²) in [5.74, 6) is 2.33. The maximum atomic E-state index is 12.7. The molecule has 0 spiro atoms. The van der Waals surface area contributed by atoms with Crippen LogP contribution in [-0.2, 0) is 9.59 Å². The predicted octanol–water partition coefficient (Wildman–Crippen LogP) is 1.84. The smallest absolute Gasteiger partial charge is 0.242 e. The molecule has 112 valence electrons. The molecule has 0 heterocycles. The van der Waals surface area contributed by atoms with Gasteiger partial charge in [-0.05, 0) is 70.1 Å². The maximum absolute atomic E-state index is 12.7. The molecule has 4 saturated carbocycles. The molecule has 4 aliphatic carbocycles. The molecule has 1 atom stereocenters. The zero-order valence-electron chi connectivity index (χ0n) is 12.6. The fraction of sp³-hybridized carbons (Fsp3) is 0.875. The molecular formula is C16H26N2O2. The summed E-state index contributed by atoms with van der Waals surface area (Å²) in [5, 5.41) is 5.74. The topological polar surface area (TPSA) is 58.2 Å². The molecule has 4 rings (SSSR count). The number of hydrogen-bond donors (Lipinski definition) is 2. The zero-order valence-corrected chi connectivity index (χ0v) is 12.6. The predicted molar refractivity (Wildman–Crippen MR) is 76.9 cm³/mol. The SMILES string of the molecule is CCNC(=O)[C@H](C)NC(=O)C12CC3CC(CC(C3)C1)C2. The first kappa shape index (κ1) is 13.9. The number of carbonyl (C=O) groups excluding carboxylic acids is 2. The van der Waals surface area contributed by atoms with E-state index in [0.717, 1.165) is 37.0 Å². The van der Waals surface area contributed by atoms with Gasteiger partial charge in [-0.15, -0.1) is 0 Å². The van der Waals surface area contributed by atoms with E-state index in [9.17, 15) is 9.59 Å². The summed E-state index contributed by atoms with van der Waals surface area (Å²) in [6.45, 7) is 4.28. The molecule has 4 aliphatic rings. The van der Waals surface area contributed by atoms with Crippen molar-refractivity contribution in [3.63, 3.8) is 0 Å². The molecule has 0 aromatic rings. The van der Waals surface area contributed by atoms with Crippen molar-refractivity contribution in [2.75, 3.05) is 6.54 Å². The van der Waals surface area contributed by atoms with Gasteiger partial charge < -0.3 is 10.6 Å². The minimum atomic E-state index is -0.421. The molecule has 0 saturated heterocycles. The van der Waals surface area contributed by atoms with Crippen LogP contribution in [0.4, 0.5) is 0 Å². The van der Waals surface area contributed by atoms with E-state index < -0.39 is 6.04 Å². The standard InChI is InChI=1S/C16H26N2O2/c1-3-17-14(19)10(2)18-15(20)16-7-11-4-12(8-16)6-13(5-11)9-16/h10-13H,3-9H2,1-2H3,(H,17,19)(H,18,20)/t10-,11?,12?,13?,16?/m0/s1. The first-order valence-corrected chi connectivity index (χ1v) is 8.11. The molecule has 0 aromatic carbocycles. The molecule has 0 aliphatic heterocycles. The van der Waals surface area contributed by atoms with Crippen LogP contribution in [0.5, 0.6) is 0 Å². The highest BCUT2D eigenvalue weighted by Crippen LogP contribution is 2.60. The highest BCUT2D eigenvalue weighted by atomic mass is 16.2. The lowest BCUT2D eigenvalue weighted by Crippen LogP contribution is -2.56. The van der Waals surface area contributed by atoms with Gasteiger partial charge in [0.1, 0.15) is 6.04 Å². The second-order valence-electron chi connectivity index (χ2n) is 7.29. The van der Waals surface area contributed by atoms with Gasteiger partial charge in [0.25, 0.3) is 0 Å². The van der Waals surface area contributed by atoms with Crippen LogP contribution in [0.25, 0.3) is 0 Å². The second-order valence-corrected chi connectivity index (χ2v) is 7.29. The number of hydrogen-bond acceptors (Lipinski definition) is 2. The van der Waals surface area contributed by atoms with Crippen molar-refractivity contribution in [3.8, 4) is 0 Å². The average Bonchev–Trinajstić information content (AvgIpc) is 2.37. The largest absolute Gasteiger partial charge is 0.355 e. The molecule has 4 nitrogen and oxygen atoms in total. The summed E-state index contributed by atoms with van der Waals surface area (Å²) in [5.41, 5.74) is -0.157. The second kappa shape index (κ2) is 5.05. The van der Waals surface area contributed by atoms with E-state index in [2.05, 4.69) is 10.6 Å². The van der Waals surface area contributed by atoms with Crippen molar-refractivity contribution in [1.29, 1.82) is 0 Å². The summed E-state index contributed by atoms with van der Waals surface area (Å²) in [7, 11) is 0. The molecule has 4 fully saturated rings. The Hall–Kier alpha value is -1.06. The van der Waals surface area contributed by atoms with E-state index in [1.807, 2.05) is 6.92 Å². The summed E-state index contributed by atoms with van der Waals surface area (Å²) >= 11 is 0. The lowest BCUT2D eigenvalue weighted by molar-refractivity contribution is -0.148. The monoisotopic (exact) mass is 278 g/mol. The zero-order chi connectivity index (χ0) is 14.3. The molecule has 4 heteroatoms. The van der Waals surface area contributed by atoms with Crippen molar-refractivity contribution in [1.82, 2.24) is 10.6 Å². The van der Waals surface area contributed by atoms with E-state index in [1.165, 1.54) is 19.3 Å². The van der Waals surface area contributed by atoms with Crippen LogP contribution in [-0.4, -0.2) is 24.4 Å². The summed E-state index contributed by atoms with van der Waals surface area (Å²) < 4.78 is 0. The Morgan fingerprint density at radius 1 is 1.10 bits per heavy atom. The van der Waals surface area contributed by atoms with E-state index in [4.69, 9.17) is 0 Å². The first-order valence-electron chi connectivity index (χ1n) is 8.11. The van der Waals surface area contributed by atoms with Gasteiger partial charge in [0.15, 0.2) is 0 Å². The fourth-order valence-corrected chi connectivity index (χ4v) is 5.13. The Morgan fingerprint density at radius 3 is 2.05 bits per heavy atom. The molecule has 4 bridgehead atoms. The van der Waals surface area contributed by atoms with Crippen molar-refractivity contribution in [2.45, 2.75) is 58.4 Å². The normalized spacial score (nSPS) is 39.4. The third-order valence-electron chi connectivity index (χ3n) is 5.61. The summed E-state index contributed by atoms with van der Waals surface area (Å²) in [6, 6.07) is -0.421. The average molecular weight is 278 g/mol. The van der Waals surface area contributed by atoms with Crippen LogP contribution in [0, 0.1) is 23.2 Å². The van der Waals surface area contributed by atoms with Gasteiger partial charge in [-0.1, -0.05) is 0 Å². The lowest BCUT2D eigenvalue weighted by atomic mass is 9.49. The lowest BCUT2D eigenvalue weighted by Gasteiger charge is -2.55. The summed E-state index contributed by atoms with van der Waals surface area (Å²) in [6.07, 6.45) is 7.14. The van der Waals surface area contributed by atoms with Gasteiger partial charge in [-0.25, -0.2) is 0 Å². The van der Waals surface area contributed by atoms with Gasteiger partial charge in [-0.3, -0.25) is 9.59 Å². The third kappa shape index (κ3) is 2.33. The maximum Gasteiger partial charge on any atom is 0.242 e. The van der Waals surface area contributed by atoms with Crippen LogP contribution in [0.2, 0.25) is 0 Å². The molecule has 0 unspecified atom stereocenters. The molecule has 20 heavy (non-hydrogen) atoms. The van der Waals surface area contributed by atoms with Crippen LogP contribution < -0.4 is 10.6 Å². The van der Waals surface area contributed by atoms with E-state index in [0.29, 0.717) is 6.54 Å². The van der Waals surface area contributed by atoms with Crippen LogP contribution in [0.1, 0.15) is 52.4 Å². The quantitative estimate of drug-likeness (QED) is 0.824. The van der Waals surface area contributed by atoms with Crippen LogP contribution >= 0.6 is 0 Å². The van der Waals surface area contributed by atoms with Gasteiger partial charge in [-0.2, -0.15) is 0 Å². The third-order valence-corrected chi connectivity index (χ3v) is 5.61. The molecule has 2 N–H and O–H groups in total. The Kier molecular flexibility index (Phi) is 3.51. The van der Waals surface area contributed by atoms with Crippen LogP contribution in [0.3, 0.4) is 0 Å². The van der Waals surface area contributed by atoms with E-state index in [-0.39, 0.29) is 17.2 Å². The van der Waals surface area contributed by atoms with E-state index >= 15 is 0 Å². The number of likely N-dealkylation sites (N-methyl/N-ethyl adjacent to an activating group) is 1. The number of carbonyl (C=O) groups is 2. The Balaban J connectivity index is 1.66.